The Bertz CT molecular complexity index is 1250. The lowest BCUT2D eigenvalue weighted by molar-refractivity contribution is -0.120. The van der Waals surface area contributed by atoms with E-state index in [1.54, 1.807) is 12.1 Å². The summed E-state index contributed by atoms with van der Waals surface area (Å²) in [4.78, 5) is 24.9. The molecule has 1 fully saturated rings. The van der Waals surface area contributed by atoms with E-state index in [2.05, 4.69) is 12.1 Å². The summed E-state index contributed by atoms with van der Waals surface area (Å²) >= 11 is 0. The molecule has 0 spiro atoms. The van der Waals surface area contributed by atoms with Gasteiger partial charge in [-0.2, -0.15) is 0 Å². The Morgan fingerprint density at radius 3 is 2.38 bits per heavy atom. The molecule has 1 saturated carbocycles. The van der Waals surface area contributed by atoms with Crippen LogP contribution in [0, 0.1) is 13.8 Å². The van der Waals surface area contributed by atoms with Gasteiger partial charge in [-0.05, 0) is 83.8 Å². The highest BCUT2D eigenvalue weighted by atomic mass is 16.5. The summed E-state index contributed by atoms with van der Waals surface area (Å²) in [5.41, 5.74) is 7.13. The quantitative estimate of drug-likeness (QED) is 0.570. The van der Waals surface area contributed by atoms with Gasteiger partial charge in [-0.25, -0.2) is 4.79 Å². The van der Waals surface area contributed by atoms with Gasteiger partial charge in [0.05, 0.1) is 17.6 Å². The fourth-order valence-electron chi connectivity index (χ4n) is 4.81. The largest absolute Gasteiger partial charge is 0.493 e. The van der Waals surface area contributed by atoms with Crippen LogP contribution < -0.4 is 4.74 Å². The highest BCUT2D eigenvalue weighted by Gasteiger charge is 2.50. The Morgan fingerprint density at radius 2 is 1.66 bits per heavy atom. The highest BCUT2D eigenvalue weighted by molar-refractivity contribution is 5.95. The number of carboxylic acid groups (broad SMARTS) is 1. The average molecular weight is 427 g/mol. The number of carbonyl (C=O) groups is 2. The van der Waals surface area contributed by atoms with Gasteiger partial charge in [-0.3, -0.25) is 4.79 Å². The van der Waals surface area contributed by atoms with Crippen molar-refractivity contribution < 1.29 is 19.4 Å². The van der Waals surface area contributed by atoms with Gasteiger partial charge in [-0.1, -0.05) is 36.4 Å². The van der Waals surface area contributed by atoms with Crippen molar-refractivity contribution in [2.45, 2.75) is 44.9 Å². The number of Topliss-reactive ketones (excluding diaryl/α,β-unsaturated/α-hetero) is 1. The van der Waals surface area contributed by atoms with Gasteiger partial charge < -0.3 is 9.84 Å². The van der Waals surface area contributed by atoms with Crippen molar-refractivity contribution in [1.82, 2.24) is 0 Å². The number of ketones is 1. The van der Waals surface area contributed by atoms with E-state index in [1.807, 2.05) is 44.2 Å². The van der Waals surface area contributed by atoms with Gasteiger partial charge in [0.1, 0.15) is 11.5 Å². The van der Waals surface area contributed by atoms with Gasteiger partial charge in [0, 0.05) is 12.8 Å². The molecule has 0 radical (unpaired) electrons. The van der Waals surface area contributed by atoms with Crippen LogP contribution in [0.3, 0.4) is 0 Å². The van der Waals surface area contributed by atoms with Crippen molar-refractivity contribution in [1.29, 1.82) is 0 Å². The summed E-state index contributed by atoms with van der Waals surface area (Å²) in [6.45, 7) is 4.71. The average Bonchev–Trinajstić information content (AvgIpc) is 3.46. The number of carbonyl (C=O) groups excluding carboxylic acids is 1. The summed E-state index contributed by atoms with van der Waals surface area (Å²) in [6.07, 6.45) is 3.07. The Morgan fingerprint density at radius 1 is 0.938 bits per heavy atom. The second-order valence-corrected chi connectivity index (χ2v) is 9.09. The molecular formula is C28H26O4. The van der Waals surface area contributed by atoms with E-state index in [0.29, 0.717) is 13.0 Å². The van der Waals surface area contributed by atoms with Crippen LogP contribution in [0.5, 0.6) is 5.75 Å². The van der Waals surface area contributed by atoms with Crippen molar-refractivity contribution >= 4 is 11.8 Å². The minimum atomic E-state index is -0.939. The number of carboxylic acids is 1. The van der Waals surface area contributed by atoms with Crippen LogP contribution in [0.25, 0.3) is 11.1 Å². The molecule has 1 aliphatic carbocycles. The van der Waals surface area contributed by atoms with Crippen molar-refractivity contribution in [3.8, 4) is 16.9 Å². The Labute approximate surface area is 187 Å². The van der Waals surface area contributed by atoms with Crippen LogP contribution >= 0.6 is 0 Å². The molecule has 0 aromatic heterocycles. The second kappa shape index (κ2) is 7.63. The smallest absolute Gasteiger partial charge is 0.335 e. The molecule has 2 aliphatic rings. The van der Waals surface area contributed by atoms with E-state index in [9.17, 15) is 14.7 Å². The fourth-order valence-corrected chi connectivity index (χ4v) is 4.81. The van der Waals surface area contributed by atoms with Crippen molar-refractivity contribution in [3.63, 3.8) is 0 Å². The Hall–Kier alpha value is -3.40. The third-order valence-corrected chi connectivity index (χ3v) is 6.97. The first-order chi connectivity index (χ1) is 15.4. The lowest BCUT2D eigenvalue weighted by Gasteiger charge is -2.17. The van der Waals surface area contributed by atoms with Gasteiger partial charge in [0.15, 0.2) is 0 Å². The van der Waals surface area contributed by atoms with Gasteiger partial charge in [-0.15, -0.1) is 0 Å². The van der Waals surface area contributed by atoms with Crippen molar-refractivity contribution in [2.75, 3.05) is 6.61 Å². The lowest BCUT2D eigenvalue weighted by atomic mass is 9.86. The topological polar surface area (TPSA) is 63.6 Å². The van der Waals surface area contributed by atoms with E-state index in [-0.39, 0.29) is 16.8 Å². The van der Waals surface area contributed by atoms with E-state index in [4.69, 9.17) is 4.74 Å². The predicted molar refractivity (Wildman–Crippen MR) is 124 cm³/mol. The highest BCUT2D eigenvalue weighted by Crippen LogP contribution is 2.50. The van der Waals surface area contributed by atoms with E-state index < -0.39 is 5.97 Å². The Balaban J connectivity index is 1.44. The fraction of sp³-hybridized carbons (Fsp3) is 0.286. The van der Waals surface area contributed by atoms with Crippen LogP contribution in [0.15, 0.2) is 54.6 Å². The molecule has 32 heavy (non-hydrogen) atoms. The summed E-state index contributed by atoms with van der Waals surface area (Å²) in [5.74, 6) is 0.256. The molecule has 0 unspecified atom stereocenters. The third kappa shape index (κ3) is 3.50. The minimum Gasteiger partial charge on any atom is -0.493 e. The SMILES string of the molecule is Cc1ccc(CC(=O)C2(c3ccc4c(c3)CCO4)CC2)cc1-c1cc(C(=O)O)ccc1C. The van der Waals surface area contributed by atoms with Crippen LogP contribution in [0.4, 0.5) is 0 Å². The molecule has 0 atom stereocenters. The minimum absolute atomic E-state index is 0.252. The maximum absolute atomic E-state index is 13.4. The number of hydrogen-bond donors (Lipinski definition) is 1. The summed E-state index contributed by atoms with van der Waals surface area (Å²) in [6, 6.07) is 17.5. The molecule has 5 rings (SSSR count). The molecule has 4 heteroatoms. The normalized spacial score (nSPS) is 15.7. The first kappa shape index (κ1) is 20.5. The number of benzene rings is 3. The molecule has 4 nitrogen and oxygen atoms in total. The van der Waals surface area contributed by atoms with Gasteiger partial charge in [0.25, 0.3) is 0 Å². The molecular weight excluding hydrogens is 400 g/mol. The molecule has 0 saturated heterocycles. The molecule has 1 heterocycles. The summed E-state index contributed by atoms with van der Waals surface area (Å²) < 4.78 is 5.62. The van der Waals surface area contributed by atoms with Crippen molar-refractivity contribution in [3.05, 3.63) is 88.0 Å². The zero-order chi connectivity index (χ0) is 22.5. The van der Waals surface area contributed by atoms with Crippen LogP contribution in [-0.2, 0) is 23.1 Å². The predicted octanol–water partition coefficient (Wildman–Crippen LogP) is 5.45. The van der Waals surface area contributed by atoms with Crippen LogP contribution in [0.1, 0.15) is 51.0 Å². The molecule has 0 bridgehead atoms. The van der Waals surface area contributed by atoms with E-state index in [1.165, 1.54) is 5.56 Å². The lowest BCUT2D eigenvalue weighted by Crippen LogP contribution is -2.22. The van der Waals surface area contributed by atoms with E-state index in [0.717, 1.165) is 58.4 Å². The van der Waals surface area contributed by atoms with E-state index >= 15 is 0 Å². The molecule has 1 N–H and O–H groups in total. The summed E-state index contributed by atoms with van der Waals surface area (Å²) in [7, 11) is 0. The number of ether oxygens (including phenoxy) is 1. The van der Waals surface area contributed by atoms with Gasteiger partial charge >= 0.3 is 5.97 Å². The second-order valence-electron chi connectivity index (χ2n) is 9.09. The monoisotopic (exact) mass is 426 g/mol. The third-order valence-electron chi connectivity index (χ3n) is 6.97. The zero-order valence-electron chi connectivity index (χ0n) is 18.4. The number of hydrogen-bond acceptors (Lipinski definition) is 3. The number of fused-ring (bicyclic) bond motifs is 1. The maximum atomic E-state index is 13.4. The molecule has 0 amide bonds. The zero-order valence-corrected chi connectivity index (χ0v) is 18.4. The first-order valence-corrected chi connectivity index (χ1v) is 11.1. The number of aryl methyl sites for hydroxylation is 2. The summed E-state index contributed by atoms with van der Waals surface area (Å²) in [5, 5.41) is 9.40. The standard InChI is InChI=1S/C28H26O4/c1-17-3-5-19(13-23(17)24-16-21(27(30)31)6-4-18(24)2)14-26(29)28(10-11-28)22-7-8-25-20(15-22)9-12-32-25/h3-8,13,15-16H,9-12,14H2,1-2H3,(H,30,31). The first-order valence-electron chi connectivity index (χ1n) is 11.1. The number of aromatic carboxylic acids is 1. The van der Waals surface area contributed by atoms with Gasteiger partial charge in [0.2, 0.25) is 0 Å². The number of rotatable bonds is 6. The van der Waals surface area contributed by atoms with Crippen LogP contribution in [0.2, 0.25) is 0 Å². The van der Waals surface area contributed by atoms with Crippen LogP contribution in [-0.4, -0.2) is 23.5 Å². The van der Waals surface area contributed by atoms with Crippen molar-refractivity contribution in [2.24, 2.45) is 0 Å². The maximum Gasteiger partial charge on any atom is 0.335 e. The molecule has 3 aromatic carbocycles. The molecule has 162 valence electrons. The Kier molecular flexibility index (Phi) is 4.89. The molecule has 1 aliphatic heterocycles. The molecule has 3 aromatic rings.